The third-order valence-electron chi connectivity index (χ3n) is 1.61. The lowest BCUT2D eigenvalue weighted by Crippen LogP contribution is -1.99. The van der Waals surface area contributed by atoms with Crippen molar-refractivity contribution in [3.8, 4) is 0 Å². The van der Waals surface area contributed by atoms with Gasteiger partial charge in [-0.3, -0.25) is 0 Å². The highest BCUT2D eigenvalue weighted by Crippen LogP contribution is 2.21. The fourth-order valence-corrected chi connectivity index (χ4v) is 2.03. The largest absolute Gasteiger partial charge is 0.387 e. The maximum absolute atomic E-state index is 10.8. The first-order valence-electron chi connectivity index (χ1n) is 3.59. The number of hydrogen-bond donors (Lipinski definition) is 3. The molecule has 0 spiro atoms. The third kappa shape index (κ3) is 2.38. The Morgan fingerprint density at radius 2 is 1.86 bits per heavy atom. The molecule has 0 aromatic heterocycles. The molecule has 2 atom stereocenters. The van der Waals surface area contributed by atoms with Crippen molar-refractivity contribution in [3.05, 3.63) is 18.2 Å². The first kappa shape index (κ1) is 11.3. The molecule has 0 aliphatic heterocycles. The highest BCUT2D eigenvalue weighted by atomic mass is 32.2. The molecule has 3 N–H and O–H groups in total. The number of rotatable bonds is 3. The summed E-state index contributed by atoms with van der Waals surface area (Å²) in [6.07, 6.45) is 0. The van der Waals surface area contributed by atoms with Gasteiger partial charge in [-0.2, -0.15) is 0 Å². The van der Waals surface area contributed by atoms with Gasteiger partial charge in [0.2, 0.25) is 0 Å². The Morgan fingerprint density at radius 1 is 1.21 bits per heavy atom. The standard InChI is InChI=1S/C7H9NO4S2/c1-8-6-3-2-5(13(9)10)4-7(6)14(11)12/h2-4,8H,1H3,(H,9,10)(H,11,12). The van der Waals surface area contributed by atoms with Crippen molar-refractivity contribution in [1.29, 1.82) is 0 Å². The van der Waals surface area contributed by atoms with Crippen LogP contribution in [0.2, 0.25) is 0 Å². The molecule has 0 aliphatic rings. The Morgan fingerprint density at radius 3 is 2.29 bits per heavy atom. The summed E-state index contributed by atoms with van der Waals surface area (Å²) >= 11 is -4.31. The van der Waals surface area contributed by atoms with Crippen LogP contribution in [0.4, 0.5) is 5.69 Å². The number of hydrogen-bond acceptors (Lipinski definition) is 3. The highest BCUT2D eigenvalue weighted by Gasteiger charge is 2.10. The smallest absolute Gasteiger partial charge is 0.188 e. The molecule has 2 unspecified atom stereocenters. The lowest BCUT2D eigenvalue weighted by molar-refractivity contribution is 0.562. The van der Waals surface area contributed by atoms with E-state index in [-0.39, 0.29) is 9.79 Å². The first-order chi connectivity index (χ1) is 6.56. The molecule has 0 heterocycles. The summed E-state index contributed by atoms with van der Waals surface area (Å²) in [5.41, 5.74) is 0.458. The Bertz CT molecular complexity index is 393. The molecule has 1 aromatic carbocycles. The van der Waals surface area contributed by atoms with Crippen molar-refractivity contribution in [2.45, 2.75) is 9.79 Å². The monoisotopic (exact) mass is 235 g/mol. The summed E-state index contributed by atoms with van der Waals surface area (Å²) in [5, 5.41) is 2.71. The van der Waals surface area contributed by atoms with Crippen molar-refractivity contribution in [1.82, 2.24) is 0 Å². The zero-order valence-electron chi connectivity index (χ0n) is 7.26. The van der Waals surface area contributed by atoms with E-state index in [4.69, 9.17) is 9.11 Å². The molecule has 0 fully saturated rings. The van der Waals surface area contributed by atoms with Gasteiger partial charge in [0.05, 0.1) is 15.5 Å². The average molecular weight is 235 g/mol. The van der Waals surface area contributed by atoms with E-state index < -0.39 is 22.2 Å². The molecule has 1 aromatic rings. The fraction of sp³-hybridized carbons (Fsp3) is 0.143. The van der Waals surface area contributed by atoms with E-state index in [2.05, 4.69) is 5.32 Å². The molecule has 78 valence electrons. The molecule has 1 rings (SSSR count). The predicted molar refractivity (Wildman–Crippen MR) is 54.1 cm³/mol. The van der Waals surface area contributed by atoms with Gasteiger partial charge in [0, 0.05) is 7.05 Å². The summed E-state index contributed by atoms with van der Waals surface area (Å²) in [7, 11) is 1.60. The van der Waals surface area contributed by atoms with Crippen LogP contribution in [0.15, 0.2) is 28.0 Å². The van der Waals surface area contributed by atoms with Crippen LogP contribution in [0.5, 0.6) is 0 Å². The van der Waals surface area contributed by atoms with Crippen molar-refractivity contribution in [2.24, 2.45) is 0 Å². The highest BCUT2D eigenvalue weighted by molar-refractivity contribution is 7.80. The summed E-state index contributed by atoms with van der Waals surface area (Å²) in [6, 6.07) is 4.11. The van der Waals surface area contributed by atoms with Crippen LogP contribution < -0.4 is 5.32 Å². The van der Waals surface area contributed by atoms with E-state index in [0.29, 0.717) is 5.69 Å². The second kappa shape index (κ2) is 4.65. The van der Waals surface area contributed by atoms with Crippen molar-refractivity contribution >= 4 is 27.8 Å². The van der Waals surface area contributed by atoms with E-state index in [1.165, 1.54) is 18.2 Å². The molecule has 0 amide bonds. The number of benzene rings is 1. The summed E-state index contributed by atoms with van der Waals surface area (Å²) in [4.78, 5) is 0.189. The first-order valence-corrected chi connectivity index (χ1v) is 5.81. The average Bonchev–Trinajstić information content (AvgIpc) is 2.16. The van der Waals surface area contributed by atoms with Gasteiger partial charge in [0.15, 0.2) is 22.2 Å². The summed E-state index contributed by atoms with van der Waals surface area (Å²) in [6.45, 7) is 0. The molecule has 0 radical (unpaired) electrons. The minimum atomic E-state index is -2.18. The van der Waals surface area contributed by atoms with Gasteiger partial charge in [0.25, 0.3) is 0 Å². The molecular formula is C7H9NO4S2. The Hall–Kier alpha value is -0.760. The normalized spacial score (nSPS) is 14.8. The van der Waals surface area contributed by atoms with E-state index in [9.17, 15) is 8.42 Å². The van der Waals surface area contributed by atoms with Gasteiger partial charge < -0.3 is 14.4 Å². The number of nitrogens with one attached hydrogen (secondary N) is 1. The van der Waals surface area contributed by atoms with Crippen LogP contribution in [0.1, 0.15) is 0 Å². The maximum Gasteiger partial charge on any atom is 0.188 e. The Labute approximate surface area is 86.1 Å². The van der Waals surface area contributed by atoms with E-state index in [0.717, 1.165) is 0 Å². The minimum Gasteiger partial charge on any atom is -0.387 e. The van der Waals surface area contributed by atoms with Gasteiger partial charge >= 0.3 is 0 Å². The molecule has 14 heavy (non-hydrogen) atoms. The SMILES string of the molecule is CNc1ccc(S(=O)O)cc1S(=O)O. The maximum atomic E-state index is 10.8. The Balaban J connectivity index is 3.27. The van der Waals surface area contributed by atoms with Crippen molar-refractivity contribution < 1.29 is 17.5 Å². The van der Waals surface area contributed by atoms with Crippen LogP contribution in [0.25, 0.3) is 0 Å². The summed E-state index contributed by atoms with van der Waals surface area (Å²) < 4.78 is 39.2. The third-order valence-corrected chi connectivity index (χ3v) is 2.98. The topological polar surface area (TPSA) is 86.6 Å². The second-order valence-electron chi connectivity index (χ2n) is 2.41. The van der Waals surface area contributed by atoms with Crippen LogP contribution in [-0.4, -0.2) is 24.6 Å². The minimum absolute atomic E-state index is 0.0902. The van der Waals surface area contributed by atoms with Gasteiger partial charge in [-0.25, -0.2) is 8.42 Å². The van der Waals surface area contributed by atoms with E-state index in [1.54, 1.807) is 7.05 Å². The van der Waals surface area contributed by atoms with Gasteiger partial charge in [-0.15, -0.1) is 0 Å². The van der Waals surface area contributed by atoms with E-state index >= 15 is 0 Å². The van der Waals surface area contributed by atoms with Crippen LogP contribution in [0.3, 0.4) is 0 Å². The quantitative estimate of drug-likeness (QED) is 0.677. The molecule has 0 saturated heterocycles. The molecule has 0 aliphatic carbocycles. The molecule has 7 heteroatoms. The molecule has 5 nitrogen and oxygen atoms in total. The zero-order chi connectivity index (χ0) is 10.7. The van der Waals surface area contributed by atoms with Crippen molar-refractivity contribution in [3.63, 3.8) is 0 Å². The van der Waals surface area contributed by atoms with Gasteiger partial charge in [-0.05, 0) is 18.2 Å². The second-order valence-corrected chi connectivity index (χ2v) is 4.31. The van der Waals surface area contributed by atoms with Gasteiger partial charge in [0.1, 0.15) is 0 Å². The fourth-order valence-electron chi connectivity index (χ4n) is 0.962. The van der Waals surface area contributed by atoms with Crippen molar-refractivity contribution in [2.75, 3.05) is 12.4 Å². The lowest BCUT2D eigenvalue weighted by Gasteiger charge is -2.06. The molecular weight excluding hydrogens is 226 g/mol. The summed E-state index contributed by atoms with van der Waals surface area (Å²) in [5.74, 6) is 0. The Kier molecular flexibility index (Phi) is 3.76. The van der Waals surface area contributed by atoms with Crippen LogP contribution in [-0.2, 0) is 22.2 Å². The van der Waals surface area contributed by atoms with Gasteiger partial charge in [-0.1, -0.05) is 0 Å². The molecule has 0 bridgehead atoms. The lowest BCUT2D eigenvalue weighted by atomic mass is 10.3. The predicted octanol–water partition coefficient (Wildman–Crippen LogP) is 0.889. The molecule has 0 saturated carbocycles. The van der Waals surface area contributed by atoms with Crippen LogP contribution in [0, 0.1) is 0 Å². The zero-order valence-corrected chi connectivity index (χ0v) is 8.89. The number of anilines is 1. The van der Waals surface area contributed by atoms with Crippen LogP contribution >= 0.6 is 0 Å². The van der Waals surface area contributed by atoms with E-state index in [1.807, 2.05) is 0 Å².